The number of hydrogen-bond acceptors (Lipinski definition) is 9. The Kier molecular flexibility index (Phi) is 8.10. The predicted octanol–water partition coefficient (Wildman–Crippen LogP) is 1.72. The number of nitrogens with two attached hydrogens (primary N) is 1. The second-order valence-corrected chi connectivity index (χ2v) is 9.55. The van der Waals surface area contributed by atoms with Crippen molar-refractivity contribution in [1.82, 2.24) is 25.4 Å². The maximum Gasteiger partial charge on any atom is 0.273 e. The number of nitrogens with zero attached hydrogens (tertiary/aromatic N) is 5. The molecule has 3 amide bonds. The fraction of sp³-hybridized carbons (Fsp3) is 0.333. The number of carbonyl (C=O) groups is 3. The van der Waals surface area contributed by atoms with Crippen LogP contribution in [0, 0.1) is 5.82 Å². The number of anilines is 3. The molecule has 0 bridgehead atoms. The molecule has 2 aliphatic heterocycles. The third-order valence-corrected chi connectivity index (χ3v) is 6.75. The van der Waals surface area contributed by atoms with Crippen LogP contribution in [0.3, 0.4) is 0 Å². The zero-order valence-corrected chi connectivity index (χ0v) is 21.7. The van der Waals surface area contributed by atoms with Crippen LogP contribution in [0.4, 0.5) is 21.8 Å². The van der Waals surface area contributed by atoms with Gasteiger partial charge in [-0.1, -0.05) is 0 Å². The Bertz CT molecular complexity index is 1380. The standard InChI is InChI=1S/C27H29FN8O4/c28-19-7-3-17(4-8-19)25(38)31-21-2-1-11-36(16-21)27-32-24(22(23(29)37)33-34-27)30-20-9-5-18(6-10-20)26(39)35-12-14-40-15-13-35/h3-10,21H,1-2,11-16H2,(H2,29,37)(H,31,38)(H,30,32,34)/t21-/m1/s1. The van der Waals surface area contributed by atoms with Gasteiger partial charge in [-0.25, -0.2) is 4.39 Å². The van der Waals surface area contributed by atoms with E-state index in [2.05, 4.69) is 25.8 Å². The van der Waals surface area contributed by atoms with Crippen LogP contribution in [-0.4, -0.2) is 83.2 Å². The first kappa shape index (κ1) is 26.9. The van der Waals surface area contributed by atoms with Crippen LogP contribution in [0.1, 0.15) is 44.0 Å². The van der Waals surface area contributed by atoms with E-state index in [1.54, 1.807) is 29.2 Å². The molecule has 4 N–H and O–H groups in total. The van der Waals surface area contributed by atoms with Gasteiger partial charge in [-0.2, -0.15) is 4.98 Å². The van der Waals surface area contributed by atoms with Gasteiger partial charge in [0.15, 0.2) is 11.5 Å². The van der Waals surface area contributed by atoms with Gasteiger partial charge in [0, 0.05) is 49.0 Å². The van der Waals surface area contributed by atoms with E-state index in [4.69, 9.17) is 10.5 Å². The van der Waals surface area contributed by atoms with Crippen molar-refractivity contribution in [3.63, 3.8) is 0 Å². The lowest BCUT2D eigenvalue weighted by atomic mass is 10.1. The van der Waals surface area contributed by atoms with Gasteiger partial charge < -0.3 is 30.9 Å². The first-order valence-corrected chi connectivity index (χ1v) is 13.0. The second-order valence-electron chi connectivity index (χ2n) is 9.55. The van der Waals surface area contributed by atoms with Gasteiger partial charge in [0.25, 0.3) is 17.7 Å². The lowest BCUT2D eigenvalue weighted by Gasteiger charge is -2.33. The molecule has 0 unspecified atom stereocenters. The monoisotopic (exact) mass is 548 g/mol. The quantitative estimate of drug-likeness (QED) is 0.400. The van der Waals surface area contributed by atoms with Crippen LogP contribution >= 0.6 is 0 Å². The molecule has 1 atom stereocenters. The van der Waals surface area contributed by atoms with Gasteiger partial charge in [-0.3, -0.25) is 14.4 Å². The molecule has 0 aliphatic carbocycles. The molecule has 2 saturated heterocycles. The van der Waals surface area contributed by atoms with Crippen molar-refractivity contribution in [3.05, 3.63) is 71.2 Å². The highest BCUT2D eigenvalue weighted by Gasteiger charge is 2.26. The number of halogens is 1. The van der Waals surface area contributed by atoms with E-state index >= 15 is 0 Å². The van der Waals surface area contributed by atoms with Gasteiger partial charge >= 0.3 is 0 Å². The summed E-state index contributed by atoms with van der Waals surface area (Å²) >= 11 is 0. The Morgan fingerprint density at radius 1 is 0.950 bits per heavy atom. The number of rotatable bonds is 7. The molecule has 3 heterocycles. The number of aromatic nitrogens is 3. The second kappa shape index (κ2) is 12.0. The van der Waals surface area contributed by atoms with Gasteiger partial charge in [0.2, 0.25) is 5.95 Å². The Morgan fingerprint density at radius 2 is 1.65 bits per heavy atom. The summed E-state index contributed by atoms with van der Waals surface area (Å²) < 4.78 is 18.5. The van der Waals surface area contributed by atoms with Crippen molar-refractivity contribution >= 4 is 35.2 Å². The molecule has 5 rings (SSSR count). The van der Waals surface area contributed by atoms with Crippen molar-refractivity contribution in [2.75, 3.05) is 49.6 Å². The highest BCUT2D eigenvalue weighted by atomic mass is 19.1. The van der Waals surface area contributed by atoms with Crippen LogP contribution in [0.25, 0.3) is 0 Å². The fourth-order valence-electron chi connectivity index (χ4n) is 4.63. The zero-order chi connectivity index (χ0) is 28.1. The number of amides is 3. The normalized spacial score (nSPS) is 17.3. The van der Waals surface area contributed by atoms with E-state index in [1.165, 1.54) is 24.3 Å². The first-order chi connectivity index (χ1) is 19.4. The highest BCUT2D eigenvalue weighted by Crippen LogP contribution is 2.23. The lowest BCUT2D eigenvalue weighted by molar-refractivity contribution is 0.0303. The topological polar surface area (TPSA) is 156 Å². The molecular weight excluding hydrogens is 519 g/mol. The fourth-order valence-corrected chi connectivity index (χ4v) is 4.63. The van der Waals surface area contributed by atoms with Gasteiger partial charge in [-0.05, 0) is 61.4 Å². The first-order valence-electron chi connectivity index (χ1n) is 13.0. The average molecular weight is 549 g/mol. The van der Waals surface area contributed by atoms with Crippen molar-refractivity contribution in [3.8, 4) is 0 Å². The van der Waals surface area contributed by atoms with Crippen LogP contribution in [0.15, 0.2) is 48.5 Å². The summed E-state index contributed by atoms with van der Waals surface area (Å²) in [6.07, 6.45) is 1.51. The number of benzene rings is 2. The van der Waals surface area contributed by atoms with Crippen LogP contribution < -0.4 is 21.3 Å². The van der Waals surface area contributed by atoms with E-state index < -0.39 is 11.7 Å². The van der Waals surface area contributed by atoms with E-state index in [0.717, 1.165) is 12.8 Å². The summed E-state index contributed by atoms with van der Waals surface area (Å²) in [5.74, 6) is -1.19. The van der Waals surface area contributed by atoms with Gasteiger partial charge in [0.1, 0.15) is 5.82 Å². The summed E-state index contributed by atoms with van der Waals surface area (Å²) in [5, 5.41) is 14.1. The van der Waals surface area contributed by atoms with Crippen molar-refractivity contribution in [1.29, 1.82) is 0 Å². The third-order valence-electron chi connectivity index (χ3n) is 6.75. The maximum absolute atomic E-state index is 13.2. The summed E-state index contributed by atoms with van der Waals surface area (Å²) in [4.78, 5) is 45.5. The molecule has 2 aliphatic rings. The molecule has 0 saturated carbocycles. The number of morpholine rings is 1. The molecular formula is C27H29FN8O4. The predicted molar refractivity (Wildman–Crippen MR) is 144 cm³/mol. The minimum absolute atomic E-state index is 0.0789. The number of ether oxygens (including phenoxy) is 1. The van der Waals surface area contributed by atoms with Gasteiger partial charge in [-0.15, -0.1) is 10.2 Å². The molecule has 1 aromatic heterocycles. The van der Waals surface area contributed by atoms with Crippen molar-refractivity contribution < 1.29 is 23.5 Å². The SMILES string of the molecule is NC(=O)c1nnc(N2CCC[C@@H](NC(=O)c3ccc(F)cc3)C2)nc1Nc1ccc(C(=O)N2CCOCC2)cc1. The van der Waals surface area contributed by atoms with E-state index in [1.807, 2.05) is 4.90 Å². The minimum atomic E-state index is -0.795. The maximum atomic E-state index is 13.2. The van der Waals surface area contributed by atoms with Gasteiger partial charge in [0.05, 0.1) is 13.2 Å². The van der Waals surface area contributed by atoms with Crippen molar-refractivity contribution in [2.24, 2.45) is 5.73 Å². The molecule has 2 fully saturated rings. The summed E-state index contributed by atoms with van der Waals surface area (Å²) in [6, 6.07) is 12.0. The molecule has 2 aromatic carbocycles. The molecule has 0 spiro atoms. The van der Waals surface area contributed by atoms with E-state index in [0.29, 0.717) is 56.2 Å². The lowest BCUT2D eigenvalue weighted by Crippen LogP contribution is -2.48. The minimum Gasteiger partial charge on any atom is -0.378 e. The smallest absolute Gasteiger partial charge is 0.273 e. The molecule has 3 aromatic rings. The highest BCUT2D eigenvalue weighted by molar-refractivity contribution is 5.97. The molecule has 13 heteroatoms. The number of piperidine rings is 1. The summed E-state index contributed by atoms with van der Waals surface area (Å²) in [7, 11) is 0. The summed E-state index contributed by atoms with van der Waals surface area (Å²) in [5.41, 5.74) is 6.87. The van der Waals surface area contributed by atoms with E-state index in [-0.39, 0.29) is 35.3 Å². The Morgan fingerprint density at radius 3 is 2.35 bits per heavy atom. The van der Waals surface area contributed by atoms with Crippen LogP contribution in [0.5, 0.6) is 0 Å². The largest absolute Gasteiger partial charge is 0.378 e. The summed E-state index contributed by atoms with van der Waals surface area (Å²) in [6.45, 7) is 3.17. The number of nitrogens with one attached hydrogen (secondary N) is 2. The number of carbonyl (C=O) groups excluding carboxylic acids is 3. The Balaban J connectivity index is 1.28. The van der Waals surface area contributed by atoms with Crippen molar-refractivity contribution in [2.45, 2.75) is 18.9 Å². The number of primary amides is 1. The molecule has 0 radical (unpaired) electrons. The van der Waals surface area contributed by atoms with Crippen LogP contribution in [0.2, 0.25) is 0 Å². The zero-order valence-electron chi connectivity index (χ0n) is 21.7. The van der Waals surface area contributed by atoms with E-state index in [9.17, 15) is 18.8 Å². The third kappa shape index (κ3) is 6.31. The molecule has 40 heavy (non-hydrogen) atoms. The molecule has 12 nitrogen and oxygen atoms in total. The number of hydrogen-bond donors (Lipinski definition) is 3. The van der Waals surface area contributed by atoms with Crippen LogP contribution in [-0.2, 0) is 4.74 Å². The molecule has 208 valence electrons. The Labute approximate surface area is 229 Å². The average Bonchev–Trinajstić information content (AvgIpc) is 2.98. The Hall–Kier alpha value is -4.65.